The van der Waals surface area contributed by atoms with Gasteiger partial charge in [0.2, 0.25) is 0 Å². The molecule has 2 heteroatoms. The molecule has 1 fully saturated rings. The molecular formula is C17H26N2. The van der Waals surface area contributed by atoms with Crippen LogP contribution in [0.1, 0.15) is 51.5 Å². The average Bonchev–Trinajstić information content (AvgIpc) is 2.59. The van der Waals surface area contributed by atoms with Gasteiger partial charge in [0.1, 0.15) is 0 Å². The number of hydrogen-bond acceptors (Lipinski definition) is 2. The van der Waals surface area contributed by atoms with Crippen LogP contribution in [0.4, 0.5) is 5.69 Å². The van der Waals surface area contributed by atoms with E-state index in [9.17, 15) is 0 Å². The predicted octanol–water partition coefficient (Wildman–Crippen LogP) is 3.71. The van der Waals surface area contributed by atoms with Gasteiger partial charge in [-0.25, -0.2) is 0 Å². The number of para-hydroxylation sites is 1. The van der Waals surface area contributed by atoms with Gasteiger partial charge in [-0.1, -0.05) is 37.5 Å². The molecular weight excluding hydrogens is 232 g/mol. The van der Waals surface area contributed by atoms with Crippen molar-refractivity contribution in [2.75, 3.05) is 11.4 Å². The lowest BCUT2D eigenvalue weighted by molar-refractivity contribution is 0.234. The minimum Gasteiger partial charge on any atom is -0.367 e. The summed E-state index contributed by atoms with van der Waals surface area (Å²) in [6.45, 7) is 6.83. The molecule has 2 nitrogen and oxygen atoms in total. The predicted molar refractivity (Wildman–Crippen MR) is 81.6 cm³/mol. The van der Waals surface area contributed by atoms with Gasteiger partial charge >= 0.3 is 0 Å². The van der Waals surface area contributed by atoms with Gasteiger partial charge in [0.25, 0.3) is 0 Å². The first-order valence-corrected chi connectivity index (χ1v) is 7.80. The number of rotatable bonds is 1. The van der Waals surface area contributed by atoms with Crippen molar-refractivity contribution in [3.05, 3.63) is 29.8 Å². The zero-order chi connectivity index (χ0) is 13.3. The Morgan fingerprint density at radius 2 is 1.84 bits per heavy atom. The van der Waals surface area contributed by atoms with E-state index in [2.05, 4.69) is 48.3 Å². The fourth-order valence-corrected chi connectivity index (χ4v) is 3.71. The van der Waals surface area contributed by atoms with Gasteiger partial charge in [-0.2, -0.15) is 0 Å². The summed E-state index contributed by atoms with van der Waals surface area (Å²) in [5.74, 6) is 0. The van der Waals surface area contributed by atoms with E-state index < -0.39 is 0 Å². The van der Waals surface area contributed by atoms with Crippen molar-refractivity contribution in [1.29, 1.82) is 0 Å². The Kier molecular flexibility index (Phi) is 3.53. The van der Waals surface area contributed by atoms with Crippen molar-refractivity contribution in [3.63, 3.8) is 0 Å². The molecule has 3 rings (SSSR count). The second-order valence-corrected chi connectivity index (χ2v) is 6.54. The molecule has 0 bridgehead atoms. The van der Waals surface area contributed by atoms with Crippen LogP contribution in [0, 0.1) is 0 Å². The quantitative estimate of drug-likeness (QED) is 0.826. The SMILES string of the molecule is CC(C)N1CC2(CCCCC2)NCc2ccccc21. The molecule has 1 spiro atoms. The topological polar surface area (TPSA) is 15.3 Å². The number of anilines is 1. The highest BCUT2D eigenvalue weighted by atomic mass is 15.2. The van der Waals surface area contributed by atoms with Crippen molar-refractivity contribution in [2.45, 2.75) is 64.1 Å². The normalized spacial score (nSPS) is 22.4. The molecule has 0 atom stereocenters. The van der Waals surface area contributed by atoms with Crippen LogP contribution in [0.5, 0.6) is 0 Å². The van der Waals surface area contributed by atoms with Crippen molar-refractivity contribution in [3.8, 4) is 0 Å². The summed E-state index contributed by atoms with van der Waals surface area (Å²) in [4.78, 5) is 2.61. The third-order valence-electron chi connectivity index (χ3n) is 4.86. The summed E-state index contributed by atoms with van der Waals surface area (Å²) in [6.07, 6.45) is 6.86. The Bertz CT molecular complexity index is 433. The molecule has 1 aromatic carbocycles. The standard InChI is InChI=1S/C17H26N2/c1-14(2)19-13-17(10-6-3-7-11-17)18-12-15-8-4-5-9-16(15)19/h4-5,8-9,14,18H,3,6-7,10-13H2,1-2H3. The lowest BCUT2D eigenvalue weighted by Crippen LogP contribution is -2.54. The molecule has 0 aromatic heterocycles. The maximum absolute atomic E-state index is 3.90. The molecule has 0 saturated heterocycles. The number of fused-ring (bicyclic) bond motifs is 1. The molecule has 1 N–H and O–H groups in total. The molecule has 0 unspecified atom stereocenters. The number of nitrogens with zero attached hydrogens (tertiary/aromatic N) is 1. The summed E-state index contributed by atoms with van der Waals surface area (Å²) >= 11 is 0. The summed E-state index contributed by atoms with van der Waals surface area (Å²) in [5.41, 5.74) is 3.24. The fraction of sp³-hybridized carbons (Fsp3) is 0.647. The van der Waals surface area contributed by atoms with Crippen LogP contribution in [-0.2, 0) is 6.54 Å². The molecule has 1 aliphatic heterocycles. The van der Waals surface area contributed by atoms with E-state index in [0.29, 0.717) is 11.6 Å². The number of hydrogen-bond donors (Lipinski definition) is 1. The van der Waals surface area contributed by atoms with E-state index in [1.807, 2.05) is 0 Å². The van der Waals surface area contributed by atoms with E-state index in [4.69, 9.17) is 0 Å². The Morgan fingerprint density at radius 3 is 2.58 bits per heavy atom. The van der Waals surface area contributed by atoms with Gasteiger partial charge in [0, 0.05) is 30.4 Å². The highest BCUT2D eigenvalue weighted by Gasteiger charge is 2.36. The first-order valence-electron chi connectivity index (χ1n) is 7.80. The van der Waals surface area contributed by atoms with Gasteiger partial charge in [-0.3, -0.25) is 0 Å². The van der Waals surface area contributed by atoms with Crippen molar-refractivity contribution in [1.82, 2.24) is 5.32 Å². The summed E-state index contributed by atoms with van der Waals surface area (Å²) in [7, 11) is 0. The third kappa shape index (κ3) is 2.51. The maximum Gasteiger partial charge on any atom is 0.0414 e. The molecule has 19 heavy (non-hydrogen) atoms. The zero-order valence-electron chi connectivity index (χ0n) is 12.3. The fourth-order valence-electron chi connectivity index (χ4n) is 3.71. The van der Waals surface area contributed by atoms with Crippen molar-refractivity contribution in [2.24, 2.45) is 0 Å². The average molecular weight is 258 g/mol. The second kappa shape index (κ2) is 5.16. The number of benzene rings is 1. The Labute approximate surface area is 117 Å². The zero-order valence-corrected chi connectivity index (χ0v) is 12.3. The van der Waals surface area contributed by atoms with Crippen LogP contribution in [0.3, 0.4) is 0 Å². The summed E-state index contributed by atoms with van der Waals surface area (Å²) in [5, 5.41) is 3.90. The van der Waals surface area contributed by atoms with E-state index >= 15 is 0 Å². The molecule has 0 radical (unpaired) electrons. The Hall–Kier alpha value is -1.02. The number of nitrogens with one attached hydrogen (secondary N) is 1. The van der Waals surface area contributed by atoms with E-state index in [0.717, 1.165) is 6.54 Å². The molecule has 1 heterocycles. The molecule has 0 amide bonds. The summed E-state index contributed by atoms with van der Waals surface area (Å²) < 4.78 is 0. The van der Waals surface area contributed by atoms with Crippen LogP contribution < -0.4 is 10.2 Å². The minimum atomic E-state index is 0.349. The molecule has 1 aromatic rings. The van der Waals surface area contributed by atoms with Gasteiger partial charge in [-0.15, -0.1) is 0 Å². The van der Waals surface area contributed by atoms with Crippen LogP contribution in [0.25, 0.3) is 0 Å². The van der Waals surface area contributed by atoms with E-state index in [1.54, 1.807) is 0 Å². The Morgan fingerprint density at radius 1 is 1.11 bits per heavy atom. The smallest absolute Gasteiger partial charge is 0.0414 e. The lowest BCUT2D eigenvalue weighted by Gasteiger charge is -2.42. The lowest BCUT2D eigenvalue weighted by atomic mass is 9.81. The molecule has 1 saturated carbocycles. The van der Waals surface area contributed by atoms with E-state index in [1.165, 1.54) is 49.9 Å². The first-order chi connectivity index (χ1) is 9.20. The van der Waals surface area contributed by atoms with Crippen molar-refractivity contribution < 1.29 is 0 Å². The van der Waals surface area contributed by atoms with E-state index in [-0.39, 0.29) is 0 Å². The molecule has 104 valence electrons. The highest BCUT2D eigenvalue weighted by Crippen LogP contribution is 2.35. The minimum absolute atomic E-state index is 0.349. The van der Waals surface area contributed by atoms with Gasteiger partial charge in [-0.05, 0) is 38.3 Å². The third-order valence-corrected chi connectivity index (χ3v) is 4.86. The van der Waals surface area contributed by atoms with Crippen LogP contribution in [0.2, 0.25) is 0 Å². The largest absolute Gasteiger partial charge is 0.367 e. The van der Waals surface area contributed by atoms with Gasteiger partial charge in [0.05, 0.1) is 0 Å². The second-order valence-electron chi connectivity index (χ2n) is 6.54. The van der Waals surface area contributed by atoms with Crippen LogP contribution in [-0.4, -0.2) is 18.1 Å². The van der Waals surface area contributed by atoms with Crippen molar-refractivity contribution >= 4 is 5.69 Å². The van der Waals surface area contributed by atoms with Crippen LogP contribution >= 0.6 is 0 Å². The molecule has 1 aliphatic carbocycles. The van der Waals surface area contributed by atoms with Crippen LogP contribution in [0.15, 0.2) is 24.3 Å². The van der Waals surface area contributed by atoms with Gasteiger partial charge < -0.3 is 10.2 Å². The Balaban J connectivity index is 1.94. The monoisotopic (exact) mass is 258 g/mol. The maximum atomic E-state index is 3.90. The first kappa shape index (κ1) is 13.0. The molecule has 2 aliphatic rings. The summed E-state index contributed by atoms with van der Waals surface area (Å²) in [6, 6.07) is 9.48. The highest BCUT2D eigenvalue weighted by molar-refractivity contribution is 5.55. The van der Waals surface area contributed by atoms with Gasteiger partial charge in [0.15, 0.2) is 0 Å².